The zero-order chi connectivity index (χ0) is 12.8. The van der Waals surface area contributed by atoms with Crippen LogP contribution in [-0.4, -0.2) is 37.5 Å². The van der Waals surface area contributed by atoms with E-state index in [-0.39, 0.29) is 11.5 Å². The van der Waals surface area contributed by atoms with Crippen molar-refractivity contribution in [3.8, 4) is 0 Å². The predicted octanol–water partition coefficient (Wildman–Crippen LogP) is 2.27. The largest absolute Gasteiger partial charge is 0.351 e. The summed E-state index contributed by atoms with van der Waals surface area (Å²) in [5.74, 6) is -0.889. The smallest absolute Gasteiger partial charge is 0.254 e. The molecule has 0 saturated carbocycles. The van der Waals surface area contributed by atoms with Gasteiger partial charge in [-0.25, -0.2) is 4.39 Å². The second-order valence-corrected chi connectivity index (χ2v) is 4.69. The molecule has 3 nitrogen and oxygen atoms in total. The molecule has 0 atom stereocenters. The predicted molar refractivity (Wildman–Crippen MR) is 69.6 cm³/mol. The van der Waals surface area contributed by atoms with Crippen molar-refractivity contribution in [2.24, 2.45) is 0 Å². The van der Waals surface area contributed by atoms with E-state index in [1.54, 1.807) is 6.07 Å². The summed E-state index contributed by atoms with van der Waals surface area (Å²) in [6, 6.07) is 4.40. The highest BCUT2D eigenvalue weighted by Crippen LogP contribution is 2.14. The lowest BCUT2D eigenvalue weighted by Gasteiger charge is -2.14. The molecular weight excluding hydrogens is 287 g/mol. The number of nitrogens with one attached hydrogen (secondary N) is 1. The Morgan fingerprint density at radius 1 is 1.53 bits per heavy atom. The lowest BCUT2D eigenvalue weighted by molar-refractivity contribution is 0.0946. The third-order valence-electron chi connectivity index (χ3n) is 2.49. The van der Waals surface area contributed by atoms with Crippen LogP contribution in [-0.2, 0) is 0 Å². The fourth-order valence-corrected chi connectivity index (χ4v) is 1.62. The highest BCUT2D eigenvalue weighted by molar-refractivity contribution is 9.10. The van der Waals surface area contributed by atoms with Gasteiger partial charge in [0.2, 0.25) is 0 Å². The van der Waals surface area contributed by atoms with Crippen LogP contribution >= 0.6 is 15.9 Å². The van der Waals surface area contributed by atoms with Crippen LogP contribution in [0.2, 0.25) is 0 Å². The second kappa shape index (κ2) is 6.71. The first kappa shape index (κ1) is 14.1. The standard InChI is InChI=1S/C12H16BrFN2O/c1-3-16(2)7-6-15-12(17)10-5-4-9(13)8-11(10)14/h4-5,8H,3,6-7H2,1-2H3,(H,15,17). The van der Waals surface area contributed by atoms with Crippen LogP contribution in [0.5, 0.6) is 0 Å². The van der Waals surface area contributed by atoms with Crippen molar-refractivity contribution in [3.63, 3.8) is 0 Å². The van der Waals surface area contributed by atoms with Gasteiger partial charge in [-0.3, -0.25) is 4.79 Å². The second-order valence-electron chi connectivity index (χ2n) is 3.78. The number of halogens is 2. The third kappa shape index (κ3) is 4.44. The zero-order valence-electron chi connectivity index (χ0n) is 9.96. The number of rotatable bonds is 5. The third-order valence-corrected chi connectivity index (χ3v) is 2.99. The average Bonchev–Trinajstić information content (AvgIpc) is 2.28. The molecule has 0 aliphatic carbocycles. The van der Waals surface area contributed by atoms with E-state index < -0.39 is 5.82 Å². The Labute approximate surface area is 109 Å². The minimum atomic E-state index is -0.513. The number of nitrogens with zero attached hydrogens (tertiary/aromatic N) is 1. The van der Waals surface area contributed by atoms with Crippen LogP contribution in [0.1, 0.15) is 17.3 Å². The first-order chi connectivity index (χ1) is 8.04. The molecule has 1 rings (SSSR count). The summed E-state index contributed by atoms with van der Waals surface area (Å²) < 4.78 is 14.1. The van der Waals surface area contributed by atoms with Crippen molar-refractivity contribution in [1.29, 1.82) is 0 Å². The quantitative estimate of drug-likeness (QED) is 0.905. The fourth-order valence-electron chi connectivity index (χ4n) is 1.29. The van der Waals surface area contributed by atoms with Crippen molar-refractivity contribution in [1.82, 2.24) is 10.2 Å². The van der Waals surface area contributed by atoms with E-state index in [1.165, 1.54) is 12.1 Å². The molecule has 0 aliphatic rings. The van der Waals surface area contributed by atoms with E-state index in [9.17, 15) is 9.18 Å². The molecular formula is C12H16BrFN2O. The Bertz CT molecular complexity index is 398. The van der Waals surface area contributed by atoms with E-state index in [1.807, 2.05) is 14.0 Å². The van der Waals surface area contributed by atoms with Gasteiger partial charge < -0.3 is 10.2 Å². The van der Waals surface area contributed by atoms with Gasteiger partial charge in [0.05, 0.1) is 5.56 Å². The summed E-state index contributed by atoms with van der Waals surface area (Å²) in [6.07, 6.45) is 0. The molecule has 5 heteroatoms. The number of carbonyl (C=O) groups is 1. The number of hydrogen-bond donors (Lipinski definition) is 1. The van der Waals surface area contributed by atoms with Gasteiger partial charge in [-0.2, -0.15) is 0 Å². The Balaban J connectivity index is 2.52. The zero-order valence-corrected chi connectivity index (χ0v) is 11.6. The molecule has 0 bridgehead atoms. The first-order valence-electron chi connectivity index (χ1n) is 5.46. The Kier molecular flexibility index (Phi) is 5.58. The van der Waals surface area contributed by atoms with E-state index in [2.05, 4.69) is 26.1 Å². The molecule has 0 heterocycles. The van der Waals surface area contributed by atoms with Gasteiger partial charge in [0.1, 0.15) is 5.82 Å². The monoisotopic (exact) mass is 302 g/mol. The maximum atomic E-state index is 13.5. The molecule has 1 amide bonds. The number of benzene rings is 1. The van der Waals surface area contributed by atoms with Crippen LogP contribution in [0.15, 0.2) is 22.7 Å². The number of carbonyl (C=O) groups excluding carboxylic acids is 1. The van der Waals surface area contributed by atoms with Crippen molar-refractivity contribution in [3.05, 3.63) is 34.1 Å². The molecule has 94 valence electrons. The lowest BCUT2D eigenvalue weighted by atomic mass is 10.2. The number of amides is 1. The summed E-state index contributed by atoms with van der Waals surface area (Å²) >= 11 is 3.15. The Morgan fingerprint density at radius 2 is 2.24 bits per heavy atom. The maximum absolute atomic E-state index is 13.5. The highest BCUT2D eigenvalue weighted by atomic mass is 79.9. The maximum Gasteiger partial charge on any atom is 0.254 e. The minimum absolute atomic E-state index is 0.0763. The van der Waals surface area contributed by atoms with E-state index >= 15 is 0 Å². The summed E-state index contributed by atoms with van der Waals surface area (Å²) in [5, 5.41) is 2.69. The van der Waals surface area contributed by atoms with Crippen molar-refractivity contribution < 1.29 is 9.18 Å². The molecule has 0 aliphatic heterocycles. The van der Waals surface area contributed by atoms with Gasteiger partial charge in [0, 0.05) is 17.6 Å². The molecule has 0 spiro atoms. The molecule has 1 aromatic rings. The van der Waals surface area contributed by atoms with Crippen LogP contribution < -0.4 is 5.32 Å². The molecule has 1 aromatic carbocycles. The topological polar surface area (TPSA) is 32.3 Å². The Morgan fingerprint density at radius 3 is 2.82 bits per heavy atom. The van der Waals surface area contributed by atoms with Gasteiger partial charge in [-0.1, -0.05) is 22.9 Å². The van der Waals surface area contributed by atoms with Gasteiger partial charge in [-0.05, 0) is 31.8 Å². The molecule has 0 radical (unpaired) electrons. The average molecular weight is 303 g/mol. The molecule has 0 aromatic heterocycles. The van der Waals surface area contributed by atoms with Crippen LogP contribution in [0.25, 0.3) is 0 Å². The lowest BCUT2D eigenvalue weighted by Crippen LogP contribution is -2.33. The van der Waals surface area contributed by atoms with Gasteiger partial charge in [-0.15, -0.1) is 0 Å². The number of hydrogen-bond acceptors (Lipinski definition) is 2. The van der Waals surface area contributed by atoms with Crippen LogP contribution in [0.3, 0.4) is 0 Å². The van der Waals surface area contributed by atoms with Gasteiger partial charge in [0.15, 0.2) is 0 Å². The highest BCUT2D eigenvalue weighted by Gasteiger charge is 2.11. The van der Waals surface area contributed by atoms with Crippen molar-refractivity contribution in [2.45, 2.75) is 6.92 Å². The van der Waals surface area contributed by atoms with Gasteiger partial charge in [0.25, 0.3) is 5.91 Å². The number of likely N-dealkylation sites (N-methyl/N-ethyl adjacent to an activating group) is 1. The summed E-state index contributed by atoms with van der Waals surface area (Å²) in [4.78, 5) is 13.7. The van der Waals surface area contributed by atoms with Crippen molar-refractivity contribution >= 4 is 21.8 Å². The SMILES string of the molecule is CCN(C)CCNC(=O)c1ccc(Br)cc1F. The fraction of sp³-hybridized carbons (Fsp3) is 0.417. The summed E-state index contributed by atoms with van der Waals surface area (Å²) in [5.41, 5.74) is 0.0763. The summed E-state index contributed by atoms with van der Waals surface area (Å²) in [7, 11) is 1.96. The molecule has 17 heavy (non-hydrogen) atoms. The normalized spacial score (nSPS) is 10.6. The molecule has 0 fully saturated rings. The molecule has 0 unspecified atom stereocenters. The van der Waals surface area contributed by atoms with Crippen LogP contribution in [0.4, 0.5) is 4.39 Å². The van der Waals surface area contributed by atoms with Crippen molar-refractivity contribution in [2.75, 3.05) is 26.7 Å². The van der Waals surface area contributed by atoms with E-state index in [0.717, 1.165) is 13.1 Å². The van der Waals surface area contributed by atoms with E-state index in [4.69, 9.17) is 0 Å². The van der Waals surface area contributed by atoms with Crippen LogP contribution in [0, 0.1) is 5.82 Å². The molecule has 1 N–H and O–H groups in total. The Hall–Kier alpha value is -0.940. The summed E-state index contributed by atoms with van der Waals surface area (Å²) in [6.45, 7) is 4.22. The minimum Gasteiger partial charge on any atom is -0.351 e. The first-order valence-corrected chi connectivity index (χ1v) is 6.25. The van der Waals surface area contributed by atoms with E-state index in [0.29, 0.717) is 11.0 Å². The molecule has 0 saturated heterocycles. The van der Waals surface area contributed by atoms with Gasteiger partial charge >= 0.3 is 0 Å².